The van der Waals surface area contributed by atoms with E-state index in [1.165, 1.54) is 41.9 Å². The van der Waals surface area contributed by atoms with E-state index >= 15 is 0 Å². The van der Waals surface area contributed by atoms with Crippen molar-refractivity contribution in [1.82, 2.24) is 5.32 Å². The number of ether oxygens (including phenoxy) is 2. The molecule has 4 heteroatoms. The van der Waals surface area contributed by atoms with Gasteiger partial charge in [-0.3, -0.25) is 0 Å². The molecule has 2 rings (SSSR count). The van der Waals surface area contributed by atoms with Crippen molar-refractivity contribution < 1.29 is 9.47 Å². The lowest BCUT2D eigenvalue weighted by Crippen LogP contribution is -2.18. The molecule has 1 aliphatic rings. The Morgan fingerprint density at radius 3 is 3.19 bits per heavy atom. The molecule has 118 valence electrons. The number of benzene rings is 1. The lowest BCUT2D eigenvalue weighted by molar-refractivity contribution is 0.104. The van der Waals surface area contributed by atoms with Crippen LogP contribution in [-0.4, -0.2) is 38.7 Å². The molecule has 1 saturated heterocycles. The van der Waals surface area contributed by atoms with Gasteiger partial charge in [-0.25, -0.2) is 0 Å². The highest BCUT2D eigenvalue weighted by Gasteiger charge is 2.14. The van der Waals surface area contributed by atoms with E-state index in [1.54, 1.807) is 7.11 Å². The first-order valence-electron chi connectivity index (χ1n) is 7.91. The zero-order valence-corrected chi connectivity index (χ0v) is 13.8. The fourth-order valence-corrected chi connectivity index (χ4v) is 3.48. The summed E-state index contributed by atoms with van der Waals surface area (Å²) in [4.78, 5) is 1.37. The van der Waals surface area contributed by atoms with Crippen molar-refractivity contribution in [1.29, 1.82) is 0 Å². The molecular weight excluding hydrogens is 282 g/mol. The SMILES string of the molecule is COCCNCc1cccc(SCCCC2CCCO2)c1. The summed E-state index contributed by atoms with van der Waals surface area (Å²) in [5.41, 5.74) is 1.34. The summed E-state index contributed by atoms with van der Waals surface area (Å²) in [6, 6.07) is 8.82. The maximum absolute atomic E-state index is 5.66. The molecule has 0 aliphatic carbocycles. The van der Waals surface area contributed by atoms with Crippen molar-refractivity contribution in [2.45, 2.75) is 43.2 Å². The molecule has 1 atom stereocenters. The molecule has 0 bridgehead atoms. The second-order valence-electron chi connectivity index (χ2n) is 5.44. The standard InChI is InChI=1S/C17H27NO2S/c1-19-11-9-18-14-15-5-2-8-17(13-15)21-12-4-7-16-6-3-10-20-16/h2,5,8,13,16,18H,3-4,6-7,9-12,14H2,1H3. The minimum Gasteiger partial charge on any atom is -0.383 e. The molecule has 3 nitrogen and oxygen atoms in total. The Bertz CT molecular complexity index is 394. The van der Waals surface area contributed by atoms with Crippen LogP contribution in [0.15, 0.2) is 29.2 Å². The van der Waals surface area contributed by atoms with Gasteiger partial charge in [-0.2, -0.15) is 0 Å². The Labute approximate surface area is 132 Å². The lowest BCUT2D eigenvalue weighted by Gasteiger charge is -2.09. The van der Waals surface area contributed by atoms with E-state index in [2.05, 4.69) is 29.6 Å². The van der Waals surface area contributed by atoms with Crippen LogP contribution in [0.3, 0.4) is 0 Å². The van der Waals surface area contributed by atoms with Gasteiger partial charge in [0.25, 0.3) is 0 Å². The lowest BCUT2D eigenvalue weighted by atomic mass is 10.1. The fraction of sp³-hybridized carbons (Fsp3) is 0.647. The van der Waals surface area contributed by atoms with Gasteiger partial charge in [-0.1, -0.05) is 12.1 Å². The van der Waals surface area contributed by atoms with Crippen molar-refractivity contribution in [3.63, 3.8) is 0 Å². The number of thioether (sulfide) groups is 1. The highest BCUT2D eigenvalue weighted by Crippen LogP contribution is 2.23. The number of nitrogens with one attached hydrogen (secondary N) is 1. The van der Waals surface area contributed by atoms with E-state index in [9.17, 15) is 0 Å². The number of rotatable bonds is 10. The van der Waals surface area contributed by atoms with E-state index in [-0.39, 0.29) is 0 Å². The second kappa shape index (κ2) is 10.2. The van der Waals surface area contributed by atoms with Crippen LogP contribution >= 0.6 is 11.8 Å². The van der Waals surface area contributed by atoms with Gasteiger partial charge < -0.3 is 14.8 Å². The van der Waals surface area contributed by atoms with Gasteiger partial charge in [0.1, 0.15) is 0 Å². The van der Waals surface area contributed by atoms with Crippen LogP contribution in [0.25, 0.3) is 0 Å². The molecule has 1 aliphatic heterocycles. The van der Waals surface area contributed by atoms with E-state index < -0.39 is 0 Å². The van der Waals surface area contributed by atoms with Gasteiger partial charge in [0.15, 0.2) is 0 Å². The van der Waals surface area contributed by atoms with Gasteiger partial charge in [-0.15, -0.1) is 11.8 Å². The van der Waals surface area contributed by atoms with Gasteiger partial charge in [0, 0.05) is 31.7 Å². The summed E-state index contributed by atoms with van der Waals surface area (Å²) < 4.78 is 10.7. The third-order valence-corrected chi connectivity index (χ3v) is 4.75. The normalized spacial score (nSPS) is 18.2. The predicted octanol–water partition coefficient (Wildman–Crippen LogP) is 3.47. The first-order valence-corrected chi connectivity index (χ1v) is 8.90. The number of methoxy groups -OCH3 is 1. The third-order valence-electron chi connectivity index (χ3n) is 3.67. The third kappa shape index (κ3) is 6.83. The molecule has 1 fully saturated rings. The van der Waals surface area contributed by atoms with Gasteiger partial charge in [-0.05, 0) is 49.1 Å². The van der Waals surface area contributed by atoms with Gasteiger partial charge >= 0.3 is 0 Å². The minimum atomic E-state index is 0.530. The first kappa shape index (κ1) is 16.8. The Morgan fingerprint density at radius 2 is 2.38 bits per heavy atom. The Kier molecular flexibility index (Phi) is 8.18. The molecule has 1 heterocycles. The van der Waals surface area contributed by atoms with Crippen LogP contribution in [0.1, 0.15) is 31.2 Å². The Balaban J connectivity index is 1.63. The van der Waals surface area contributed by atoms with Crippen molar-refractivity contribution in [3.8, 4) is 0 Å². The maximum atomic E-state index is 5.66. The topological polar surface area (TPSA) is 30.5 Å². The molecule has 0 radical (unpaired) electrons. The van der Waals surface area contributed by atoms with Gasteiger partial charge in [0.05, 0.1) is 12.7 Å². The van der Waals surface area contributed by atoms with Crippen molar-refractivity contribution in [2.24, 2.45) is 0 Å². The van der Waals surface area contributed by atoms with Gasteiger partial charge in [0.2, 0.25) is 0 Å². The molecule has 1 unspecified atom stereocenters. The summed E-state index contributed by atoms with van der Waals surface area (Å²) in [6.07, 6.45) is 5.49. The molecule has 1 aromatic carbocycles. The largest absolute Gasteiger partial charge is 0.383 e. The van der Waals surface area contributed by atoms with E-state index in [4.69, 9.17) is 9.47 Å². The van der Waals surface area contributed by atoms with Crippen LogP contribution in [-0.2, 0) is 16.0 Å². The van der Waals surface area contributed by atoms with Crippen molar-refractivity contribution in [2.75, 3.05) is 32.6 Å². The second-order valence-corrected chi connectivity index (χ2v) is 6.61. The van der Waals surface area contributed by atoms with E-state index in [0.717, 1.165) is 26.3 Å². The summed E-state index contributed by atoms with van der Waals surface area (Å²) >= 11 is 1.95. The smallest absolute Gasteiger partial charge is 0.0587 e. The van der Waals surface area contributed by atoms with Crippen LogP contribution in [0.5, 0.6) is 0 Å². The molecule has 1 N–H and O–H groups in total. The molecule has 0 spiro atoms. The quantitative estimate of drug-likeness (QED) is 0.529. The number of hydrogen-bond acceptors (Lipinski definition) is 4. The Hall–Kier alpha value is -0.550. The predicted molar refractivity (Wildman–Crippen MR) is 89.0 cm³/mol. The zero-order valence-electron chi connectivity index (χ0n) is 13.0. The average Bonchev–Trinajstić information content (AvgIpc) is 3.02. The molecule has 0 aromatic heterocycles. The average molecular weight is 309 g/mol. The van der Waals surface area contributed by atoms with E-state index in [0.29, 0.717) is 6.10 Å². The fourth-order valence-electron chi connectivity index (χ4n) is 2.53. The van der Waals surface area contributed by atoms with Crippen LogP contribution in [0.4, 0.5) is 0 Å². The highest BCUT2D eigenvalue weighted by atomic mass is 32.2. The summed E-state index contributed by atoms with van der Waals surface area (Å²) in [7, 11) is 1.73. The summed E-state index contributed by atoms with van der Waals surface area (Å²) in [5.74, 6) is 1.18. The summed E-state index contributed by atoms with van der Waals surface area (Å²) in [6.45, 7) is 3.54. The van der Waals surface area contributed by atoms with E-state index in [1.807, 2.05) is 11.8 Å². The molecule has 21 heavy (non-hydrogen) atoms. The van der Waals surface area contributed by atoms with Crippen LogP contribution < -0.4 is 5.32 Å². The minimum absolute atomic E-state index is 0.530. The monoisotopic (exact) mass is 309 g/mol. The molecular formula is C17H27NO2S. The molecule has 0 saturated carbocycles. The van der Waals surface area contributed by atoms with Crippen molar-refractivity contribution in [3.05, 3.63) is 29.8 Å². The summed E-state index contributed by atoms with van der Waals surface area (Å²) in [5, 5.41) is 3.38. The van der Waals surface area contributed by atoms with Crippen LogP contribution in [0, 0.1) is 0 Å². The Morgan fingerprint density at radius 1 is 1.43 bits per heavy atom. The van der Waals surface area contributed by atoms with Crippen molar-refractivity contribution >= 4 is 11.8 Å². The highest BCUT2D eigenvalue weighted by molar-refractivity contribution is 7.99. The first-order chi connectivity index (χ1) is 10.4. The zero-order chi connectivity index (χ0) is 14.8. The molecule has 0 amide bonds. The van der Waals surface area contributed by atoms with Crippen LogP contribution in [0.2, 0.25) is 0 Å². The molecule has 1 aromatic rings. The maximum Gasteiger partial charge on any atom is 0.0587 e. The number of hydrogen-bond donors (Lipinski definition) is 1.